The predicted octanol–water partition coefficient (Wildman–Crippen LogP) is 3.10. The molecule has 0 fully saturated rings. The summed E-state index contributed by atoms with van der Waals surface area (Å²) in [5.41, 5.74) is 1.66. The molecule has 1 unspecified atom stereocenters. The van der Waals surface area contributed by atoms with E-state index in [9.17, 15) is 4.79 Å². The number of guanidine groups is 1. The lowest BCUT2D eigenvalue weighted by atomic mass is 10.3. The molecule has 26 heavy (non-hydrogen) atoms. The van der Waals surface area contributed by atoms with Gasteiger partial charge in [0, 0.05) is 19.8 Å². The Morgan fingerprint density at radius 2 is 2.23 bits per heavy atom. The predicted molar refractivity (Wildman–Crippen MR) is 104 cm³/mol. The minimum atomic E-state index is -0.335. The third-order valence-corrected chi connectivity index (χ3v) is 5.01. The zero-order valence-corrected chi connectivity index (χ0v) is 16.7. The monoisotopic (exact) mass is 395 g/mol. The maximum Gasteiger partial charge on any atom is 0.350 e. The van der Waals surface area contributed by atoms with E-state index in [4.69, 9.17) is 16.3 Å². The molecule has 0 spiro atoms. The first kappa shape index (κ1) is 20.1. The van der Waals surface area contributed by atoms with E-state index in [0.717, 1.165) is 10.6 Å². The topological polar surface area (TPSA) is 88.5 Å². The number of hydrogen-bond donors (Lipinski definition) is 2. The van der Waals surface area contributed by atoms with Crippen LogP contribution < -0.4 is 10.6 Å². The van der Waals surface area contributed by atoms with Crippen LogP contribution in [0.1, 0.15) is 45.8 Å². The van der Waals surface area contributed by atoms with Gasteiger partial charge < -0.3 is 15.4 Å². The molecule has 140 valence electrons. The van der Waals surface area contributed by atoms with Gasteiger partial charge in [0.15, 0.2) is 5.96 Å². The molecule has 2 N–H and O–H groups in total. The molecule has 0 aliphatic heterocycles. The average Bonchev–Trinajstić information content (AvgIpc) is 3.02. The number of nitrogens with one attached hydrogen (secondary N) is 2. The summed E-state index contributed by atoms with van der Waals surface area (Å²) in [5.74, 6) is 0.289. The maximum atomic E-state index is 11.9. The molecular formula is C17H22ClN5O2S. The summed E-state index contributed by atoms with van der Waals surface area (Å²) in [7, 11) is 1.69. The molecule has 0 aromatic carbocycles. The first-order valence-electron chi connectivity index (χ1n) is 8.16. The molecule has 2 aromatic rings. The van der Waals surface area contributed by atoms with Crippen LogP contribution in [0.2, 0.25) is 5.15 Å². The Labute approximate surface area is 161 Å². The summed E-state index contributed by atoms with van der Waals surface area (Å²) in [6, 6.07) is 3.53. The lowest BCUT2D eigenvalue weighted by Gasteiger charge is -2.16. The molecule has 0 saturated heterocycles. The Hall–Kier alpha value is -2.19. The minimum Gasteiger partial charge on any atom is -0.462 e. The van der Waals surface area contributed by atoms with E-state index in [2.05, 4.69) is 25.6 Å². The number of thiazole rings is 1. The van der Waals surface area contributed by atoms with E-state index in [1.165, 1.54) is 11.3 Å². The van der Waals surface area contributed by atoms with E-state index in [1.54, 1.807) is 33.2 Å². The highest BCUT2D eigenvalue weighted by Gasteiger charge is 2.20. The zero-order chi connectivity index (χ0) is 19.1. The Morgan fingerprint density at radius 3 is 2.85 bits per heavy atom. The molecule has 1 atom stereocenters. The Bertz CT molecular complexity index is 776. The molecule has 9 heteroatoms. The lowest BCUT2D eigenvalue weighted by Crippen LogP contribution is -2.38. The third-order valence-electron chi connectivity index (χ3n) is 3.47. The van der Waals surface area contributed by atoms with Gasteiger partial charge >= 0.3 is 5.97 Å². The number of nitrogens with zero attached hydrogens (tertiary/aromatic N) is 3. The van der Waals surface area contributed by atoms with Gasteiger partial charge in [-0.05, 0) is 32.4 Å². The van der Waals surface area contributed by atoms with Gasteiger partial charge in [0.05, 0.1) is 18.3 Å². The van der Waals surface area contributed by atoms with E-state index in [-0.39, 0.29) is 12.0 Å². The van der Waals surface area contributed by atoms with Gasteiger partial charge in [0.1, 0.15) is 15.0 Å². The fourth-order valence-electron chi connectivity index (χ4n) is 2.15. The molecule has 2 heterocycles. The molecule has 7 nitrogen and oxygen atoms in total. The SMILES string of the molecule is CCOC(=O)c1sc(C(C)NC(=NC)NCc2ccc(Cl)nc2)nc1C. The first-order valence-corrected chi connectivity index (χ1v) is 9.36. The van der Waals surface area contributed by atoms with Crippen LogP contribution in [0.4, 0.5) is 0 Å². The summed E-state index contributed by atoms with van der Waals surface area (Å²) in [4.78, 5) is 25.2. The van der Waals surface area contributed by atoms with Crippen LogP contribution in [0.25, 0.3) is 0 Å². The maximum absolute atomic E-state index is 11.9. The fraction of sp³-hybridized carbons (Fsp3) is 0.412. The molecule has 0 aliphatic rings. The van der Waals surface area contributed by atoms with Crippen LogP contribution in [0.5, 0.6) is 0 Å². The number of aryl methyl sites for hydroxylation is 1. The van der Waals surface area contributed by atoms with Gasteiger partial charge in [0.25, 0.3) is 0 Å². The van der Waals surface area contributed by atoms with Crippen molar-refractivity contribution in [2.24, 2.45) is 4.99 Å². The van der Waals surface area contributed by atoms with E-state index < -0.39 is 0 Å². The van der Waals surface area contributed by atoms with Crippen molar-refractivity contribution in [3.63, 3.8) is 0 Å². The summed E-state index contributed by atoms with van der Waals surface area (Å²) in [5, 5.41) is 7.73. The smallest absolute Gasteiger partial charge is 0.350 e. The second kappa shape index (κ2) is 9.49. The van der Waals surface area contributed by atoms with Crippen molar-refractivity contribution in [1.82, 2.24) is 20.6 Å². The third kappa shape index (κ3) is 5.40. The van der Waals surface area contributed by atoms with E-state index in [1.807, 2.05) is 13.0 Å². The quantitative estimate of drug-likeness (QED) is 0.338. The lowest BCUT2D eigenvalue weighted by molar-refractivity contribution is 0.0531. The summed E-state index contributed by atoms with van der Waals surface area (Å²) in [6.45, 7) is 6.45. The van der Waals surface area contributed by atoms with Crippen LogP contribution in [0.3, 0.4) is 0 Å². The van der Waals surface area contributed by atoms with Crippen molar-refractivity contribution < 1.29 is 9.53 Å². The highest BCUT2D eigenvalue weighted by Crippen LogP contribution is 2.24. The van der Waals surface area contributed by atoms with E-state index in [0.29, 0.717) is 34.8 Å². The number of rotatable bonds is 6. The van der Waals surface area contributed by atoms with Crippen molar-refractivity contribution in [3.8, 4) is 0 Å². The van der Waals surface area contributed by atoms with Crippen LogP contribution in [-0.4, -0.2) is 35.6 Å². The molecule has 2 aromatic heterocycles. The van der Waals surface area contributed by atoms with Crippen LogP contribution in [0.15, 0.2) is 23.3 Å². The number of esters is 1. The van der Waals surface area contributed by atoms with E-state index >= 15 is 0 Å². The fourth-order valence-corrected chi connectivity index (χ4v) is 3.22. The number of carbonyl (C=O) groups excluding carboxylic acids is 1. The van der Waals surface area contributed by atoms with Crippen molar-refractivity contribution >= 4 is 34.9 Å². The van der Waals surface area contributed by atoms with Crippen LogP contribution in [-0.2, 0) is 11.3 Å². The molecule has 0 saturated carbocycles. The van der Waals surface area contributed by atoms with Gasteiger partial charge in [-0.15, -0.1) is 11.3 Å². The zero-order valence-electron chi connectivity index (χ0n) is 15.2. The minimum absolute atomic E-state index is 0.114. The van der Waals surface area contributed by atoms with Gasteiger partial charge in [-0.25, -0.2) is 14.8 Å². The Balaban J connectivity index is 1.98. The van der Waals surface area contributed by atoms with Gasteiger partial charge in [-0.1, -0.05) is 17.7 Å². The van der Waals surface area contributed by atoms with Crippen molar-refractivity contribution in [2.45, 2.75) is 33.4 Å². The first-order chi connectivity index (χ1) is 12.4. The van der Waals surface area contributed by atoms with Gasteiger partial charge in [-0.3, -0.25) is 4.99 Å². The molecular weight excluding hydrogens is 374 g/mol. The summed E-state index contributed by atoms with van der Waals surface area (Å²) in [6.07, 6.45) is 1.71. The number of hydrogen-bond acceptors (Lipinski definition) is 6. The number of aliphatic imine (C=N–C) groups is 1. The van der Waals surface area contributed by atoms with Crippen molar-refractivity contribution in [2.75, 3.05) is 13.7 Å². The van der Waals surface area contributed by atoms with Crippen molar-refractivity contribution in [1.29, 1.82) is 0 Å². The van der Waals surface area contributed by atoms with Gasteiger partial charge in [0.2, 0.25) is 0 Å². The molecule has 0 aliphatic carbocycles. The van der Waals surface area contributed by atoms with Crippen molar-refractivity contribution in [3.05, 3.63) is 44.6 Å². The molecule has 2 rings (SSSR count). The Morgan fingerprint density at radius 1 is 1.46 bits per heavy atom. The number of ether oxygens (including phenoxy) is 1. The second-order valence-corrected chi connectivity index (χ2v) is 6.89. The highest BCUT2D eigenvalue weighted by molar-refractivity contribution is 7.13. The standard InChI is InChI=1S/C17H22ClN5O2S/c1-5-25-16(24)14-10(2)22-15(26-14)11(3)23-17(19-4)21-9-12-6-7-13(18)20-8-12/h6-8,11H,5,9H2,1-4H3,(H2,19,21,23). The molecule has 0 bridgehead atoms. The second-order valence-electron chi connectivity index (χ2n) is 5.47. The molecule has 0 amide bonds. The number of carbonyl (C=O) groups is 1. The largest absolute Gasteiger partial charge is 0.462 e. The number of pyridine rings is 1. The highest BCUT2D eigenvalue weighted by atomic mass is 35.5. The average molecular weight is 396 g/mol. The van der Waals surface area contributed by atoms with Crippen LogP contribution in [0, 0.1) is 6.92 Å². The Kier molecular flexibility index (Phi) is 7.35. The summed E-state index contributed by atoms with van der Waals surface area (Å²) >= 11 is 7.12. The number of aromatic nitrogens is 2. The number of halogens is 1. The summed E-state index contributed by atoms with van der Waals surface area (Å²) < 4.78 is 5.06. The van der Waals surface area contributed by atoms with Crippen LogP contribution >= 0.6 is 22.9 Å². The van der Waals surface area contributed by atoms with Gasteiger partial charge in [-0.2, -0.15) is 0 Å². The molecule has 0 radical (unpaired) electrons. The normalized spacial score (nSPS) is 12.6.